The van der Waals surface area contributed by atoms with Gasteiger partial charge in [0.1, 0.15) is 11.5 Å². The Morgan fingerprint density at radius 2 is 1.67 bits per heavy atom. The maximum Gasteiger partial charge on any atom is 0.238 e. The third-order valence-corrected chi connectivity index (χ3v) is 4.75. The van der Waals surface area contributed by atoms with Gasteiger partial charge in [0.2, 0.25) is 5.91 Å². The standard InChI is InChI=1S/C21H27ClN2O3/c1-13-9-18(19(26-5)10-17(13)22)23-20(25)12-24(4)11-16-7-14(2)21(27-6)15(3)8-16/h7-10H,11-12H2,1-6H3,(H,23,25). The SMILES string of the molecule is COc1cc(Cl)c(C)cc1NC(=O)CN(C)Cc1cc(C)c(OC)c(C)c1. The highest BCUT2D eigenvalue weighted by Gasteiger charge is 2.13. The van der Waals surface area contributed by atoms with Gasteiger partial charge in [0, 0.05) is 17.6 Å². The van der Waals surface area contributed by atoms with E-state index < -0.39 is 0 Å². The fourth-order valence-corrected chi connectivity index (χ4v) is 3.34. The van der Waals surface area contributed by atoms with Gasteiger partial charge in [-0.25, -0.2) is 0 Å². The maximum atomic E-state index is 12.5. The minimum Gasteiger partial charge on any atom is -0.496 e. The monoisotopic (exact) mass is 390 g/mol. The molecule has 0 aliphatic carbocycles. The highest BCUT2D eigenvalue weighted by molar-refractivity contribution is 6.31. The predicted octanol–water partition coefficient (Wildman–Crippen LogP) is 4.35. The summed E-state index contributed by atoms with van der Waals surface area (Å²) in [5.74, 6) is 1.34. The lowest BCUT2D eigenvalue weighted by Gasteiger charge is -2.19. The molecule has 0 aromatic heterocycles. The Balaban J connectivity index is 2.03. The average molecular weight is 391 g/mol. The summed E-state index contributed by atoms with van der Waals surface area (Å²) in [4.78, 5) is 14.4. The van der Waals surface area contributed by atoms with Crippen molar-refractivity contribution >= 4 is 23.2 Å². The number of ether oxygens (including phenoxy) is 2. The van der Waals surface area contributed by atoms with E-state index in [0.717, 1.165) is 28.0 Å². The number of carbonyl (C=O) groups excluding carboxylic acids is 1. The number of anilines is 1. The molecule has 0 spiro atoms. The fraction of sp³-hybridized carbons (Fsp3) is 0.381. The first-order valence-electron chi connectivity index (χ1n) is 8.71. The summed E-state index contributed by atoms with van der Waals surface area (Å²) in [6.45, 7) is 6.86. The van der Waals surface area contributed by atoms with Crippen molar-refractivity contribution in [2.75, 3.05) is 33.1 Å². The van der Waals surface area contributed by atoms with Crippen LogP contribution in [0.15, 0.2) is 24.3 Å². The second-order valence-corrected chi connectivity index (χ2v) is 7.19. The van der Waals surface area contributed by atoms with Crippen LogP contribution in [-0.2, 0) is 11.3 Å². The summed E-state index contributed by atoms with van der Waals surface area (Å²) in [5, 5.41) is 3.51. The van der Waals surface area contributed by atoms with Crippen LogP contribution < -0.4 is 14.8 Å². The molecule has 2 aromatic carbocycles. The van der Waals surface area contributed by atoms with Crippen LogP contribution in [0.2, 0.25) is 5.02 Å². The fourth-order valence-electron chi connectivity index (χ4n) is 3.19. The Morgan fingerprint density at radius 1 is 1.04 bits per heavy atom. The molecule has 2 aromatic rings. The van der Waals surface area contributed by atoms with Crippen LogP contribution in [0.3, 0.4) is 0 Å². The number of hydrogen-bond acceptors (Lipinski definition) is 4. The molecule has 0 saturated carbocycles. The van der Waals surface area contributed by atoms with Crippen molar-refractivity contribution in [3.05, 3.63) is 51.5 Å². The van der Waals surface area contributed by atoms with E-state index in [1.165, 1.54) is 0 Å². The molecule has 146 valence electrons. The third-order valence-electron chi connectivity index (χ3n) is 4.35. The van der Waals surface area contributed by atoms with Crippen LogP contribution in [-0.4, -0.2) is 38.6 Å². The van der Waals surface area contributed by atoms with E-state index in [2.05, 4.69) is 17.4 Å². The molecule has 27 heavy (non-hydrogen) atoms. The number of aryl methyl sites for hydroxylation is 3. The lowest BCUT2D eigenvalue weighted by Crippen LogP contribution is -2.30. The van der Waals surface area contributed by atoms with Crippen LogP contribution in [0, 0.1) is 20.8 Å². The Labute approximate surface area is 166 Å². The predicted molar refractivity (Wildman–Crippen MR) is 110 cm³/mol. The van der Waals surface area contributed by atoms with Gasteiger partial charge in [-0.15, -0.1) is 0 Å². The summed E-state index contributed by atoms with van der Waals surface area (Å²) in [6, 6.07) is 7.70. The second kappa shape index (κ2) is 9.11. The van der Waals surface area contributed by atoms with Crippen molar-refractivity contribution < 1.29 is 14.3 Å². The molecule has 5 nitrogen and oxygen atoms in total. The molecular weight excluding hydrogens is 364 g/mol. The summed E-state index contributed by atoms with van der Waals surface area (Å²) in [6.07, 6.45) is 0. The Bertz CT molecular complexity index is 813. The average Bonchev–Trinajstić information content (AvgIpc) is 2.57. The zero-order valence-electron chi connectivity index (χ0n) is 16.8. The number of nitrogens with zero attached hydrogens (tertiary/aromatic N) is 1. The van der Waals surface area contributed by atoms with Gasteiger partial charge in [0.05, 0.1) is 26.5 Å². The van der Waals surface area contributed by atoms with Gasteiger partial charge in [0.15, 0.2) is 0 Å². The number of benzene rings is 2. The first-order chi connectivity index (χ1) is 12.7. The van der Waals surface area contributed by atoms with E-state index in [0.29, 0.717) is 23.0 Å². The zero-order chi connectivity index (χ0) is 20.1. The van der Waals surface area contributed by atoms with E-state index in [-0.39, 0.29) is 12.5 Å². The molecule has 0 unspecified atom stereocenters. The molecular formula is C21H27ClN2O3. The smallest absolute Gasteiger partial charge is 0.238 e. The number of likely N-dealkylation sites (N-methyl/N-ethyl adjacent to an activating group) is 1. The zero-order valence-corrected chi connectivity index (χ0v) is 17.5. The number of carbonyl (C=O) groups is 1. The molecule has 0 aliphatic heterocycles. The van der Waals surface area contributed by atoms with Crippen molar-refractivity contribution in [2.45, 2.75) is 27.3 Å². The lowest BCUT2D eigenvalue weighted by molar-refractivity contribution is -0.117. The van der Waals surface area contributed by atoms with E-state index in [1.54, 1.807) is 20.3 Å². The number of halogens is 1. The number of rotatable bonds is 7. The largest absolute Gasteiger partial charge is 0.496 e. The van der Waals surface area contributed by atoms with Crippen LogP contribution in [0.1, 0.15) is 22.3 Å². The molecule has 0 radical (unpaired) electrons. The van der Waals surface area contributed by atoms with Crippen LogP contribution in [0.4, 0.5) is 5.69 Å². The molecule has 0 heterocycles. The molecule has 1 N–H and O–H groups in total. The van der Waals surface area contributed by atoms with Crippen LogP contribution >= 0.6 is 11.6 Å². The maximum absolute atomic E-state index is 12.5. The topological polar surface area (TPSA) is 50.8 Å². The first-order valence-corrected chi connectivity index (χ1v) is 9.09. The van der Waals surface area contributed by atoms with Crippen molar-refractivity contribution in [3.63, 3.8) is 0 Å². The van der Waals surface area contributed by atoms with Gasteiger partial charge < -0.3 is 14.8 Å². The Morgan fingerprint density at radius 3 is 2.22 bits per heavy atom. The van der Waals surface area contributed by atoms with Crippen LogP contribution in [0.25, 0.3) is 0 Å². The summed E-state index contributed by atoms with van der Waals surface area (Å²) >= 11 is 6.11. The molecule has 0 aliphatic rings. The van der Waals surface area contributed by atoms with Gasteiger partial charge in [-0.05, 0) is 56.1 Å². The highest BCUT2D eigenvalue weighted by Crippen LogP contribution is 2.31. The lowest BCUT2D eigenvalue weighted by atomic mass is 10.1. The van der Waals surface area contributed by atoms with E-state index in [9.17, 15) is 4.79 Å². The van der Waals surface area contributed by atoms with Crippen molar-refractivity contribution in [1.29, 1.82) is 0 Å². The van der Waals surface area contributed by atoms with Crippen molar-refractivity contribution in [2.24, 2.45) is 0 Å². The van der Waals surface area contributed by atoms with E-state index >= 15 is 0 Å². The molecule has 0 bridgehead atoms. The van der Waals surface area contributed by atoms with E-state index in [1.807, 2.05) is 38.8 Å². The van der Waals surface area contributed by atoms with Crippen molar-refractivity contribution in [1.82, 2.24) is 4.90 Å². The number of nitrogens with one attached hydrogen (secondary N) is 1. The Kier molecular flexibility index (Phi) is 7.11. The third kappa shape index (κ3) is 5.37. The number of hydrogen-bond donors (Lipinski definition) is 1. The first kappa shape index (κ1) is 21.1. The molecule has 2 rings (SSSR count). The Hall–Kier alpha value is -2.24. The van der Waals surface area contributed by atoms with Crippen molar-refractivity contribution in [3.8, 4) is 11.5 Å². The van der Waals surface area contributed by atoms with Gasteiger partial charge in [-0.2, -0.15) is 0 Å². The summed E-state index contributed by atoms with van der Waals surface area (Å²) in [7, 11) is 5.15. The number of methoxy groups -OCH3 is 2. The van der Waals surface area contributed by atoms with Gasteiger partial charge in [-0.3, -0.25) is 9.69 Å². The minimum atomic E-state index is -0.112. The number of amides is 1. The quantitative estimate of drug-likeness (QED) is 0.763. The normalized spacial score (nSPS) is 10.8. The second-order valence-electron chi connectivity index (χ2n) is 6.79. The van der Waals surface area contributed by atoms with Gasteiger partial charge in [-0.1, -0.05) is 23.7 Å². The van der Waals surface area contributed by atoms with Gasteiger partial charge in [0.25, 0.3) is 0 Å². The van der Waals surface area contributed by atoms with Gasteiger partial charge >= 0.3 is 0 Å². The molecule has 0 fully saturated rings. The minimum absolute atomic E-state index is 0.112. The summed E-state index contributed by atoms with van der Waals surface area (Å²) < 4.78 is 10.7. The molecule has 0 saturated heterocycles. The van der Waals surface area contributed by atoms with E-state index in [4.69, 9.17) is 21.1 Å². The molecule has 6 heteroatoms. The summed E-state index contributed by atoms with van der Waals surface area (Å²) in [5.41, 5.74) is 4.82. The molecule has 1 amide bonds. The van der Waals surface area contributed by atoms with Crippen LogP contribution in [0.5, 0.6) is 11.5 Å². The highest BCUT2D eigenvalue weighted by atomic mass is 35.5. The molecule has 0 atom stereocenters.